The lowest BCUT2D eigenvalue weighted by Crippen LogP contribution is -2.50. The molecule has 28 heavy (non-hydrogen) atoms. The van der Waals surface area contributed by atoms with Crippen LogP contribution in [0.5, 0.6) is 5.75 Å². The molecule has 0 unspecified atom stereocenters. The minimum atomic E-state index is -0.330. The van der Waals surface area contributed by atoms with Crippen molar-refractivity contribution in [1.29, 1.82) is 0 Å². The van der Waals surface area contributed by atoms with Crippen LogP contribution >= 0.6 is 0 Å². The first kappa shape index (κ1) is 18.6. The molecule has 3 aromatic rings. The van der Waals surface area contributed by atoms with Crippen LogP contribution in [0, 0.1) is 5.82 Å². The predicted octanol–water partition coefficient (Wildman–Crippen LogP) is 2.25. The van der Waals surface area contributed by atoms with Gasteiger partial charge in [-0.05, 0) is 31.2 Å². The van der Waals surface area contributed by atoms with Gasteiger partial charge in [-0.25, -0.2) is 13.9 Å². The summed E-state index contributed by atoms with van der Waals surface area (Å²) in [7, 11) is 1.56. The molecular weight excluding hydrogens is 359 g/mol. The SMILES string of the molecule is COc1ccc(F)c(-c2cnn3ccc(NCCN4CCNC[C@@H]4C)nc23)c1. The van der Waals surface area contributed by atoms with Crippen molar-refractivity contribution in [2.75, 3.05) is 45.2 Å². The van der Waals surface area contributed by atoms with E-state index in [9.17, 15) is 4.39 Å². The van der Waals surface area contributed by atoms with Crippen LogP contribution in [0.15, 0.2) is 36.7 Å². The standard InChI is InChI=1S/C20H25FN6O/c1-14-12-22-6-9-26(14)10-7-23-19-5-8-27-20(25-19)17(13-24-27)16-11-15(28-2)3-4-18(16)21/h3-5,8,11,13-14,22H,6-7,9-10,12H2,1-2H3,(H,23,25)/t14-/m0/s1. The molecule has 4 rings (SSSR count). The Morgan fingerprint density at radius 3 is 3.04 bits per heavy atom. The van der Waals surface area contributed by atoms with E-state index < -0.39 is 0 Å². The van der Waals surface area contributed by atoms with Crippen molar-refractivity contribution in [3.05, 3.63) is 42.5 Å². The fraction of sp³-hybridized carbons (Fsp3) is 0.400. The molecule has 0 aliphatic carbocycles. The van der Waals surface area contributed by atoms with Gasteiger partial charge in [-0.15, -0.1) is 0 Å². The highest BCUT2D eigenvalue weighted by Crippen LogP contribution is 2.29. The Labute approximate surface area is 163 Å². The van der Waals surface area contributed by atoms with E-state index >= 15 is 0 Å². The third kappa shape index (κ3) is 3.79. The molecular formula is C20H25FN6O. The molecule has 0 bridgehead atoms. The molecule has 3 heterocycles. The summed E-state index contributed by atoms with van der Waals surface area (Å²) in [6.07, 6.45) is 3.46. The van der Waals surface area contributed by atoms with Gasteiger partial charge < -0.3 is 15.4 Å². The number of nitrogens with one attached hydrogen (secondary N) is 2. The monoisotopic (exact) mass is 384 g/mol. The highest BCUT2D eigenvalue weighted by molar-refractivity contribution is 5.78. The molecule has 0 radical (unpaired) electrons. The molecule has 1 saturated heterocycles. The van der Waals surface area contributed by atoms with E-state index in [1.807, 2.05) is 12.3 Å². The van der Waals surface area contributed by atoms with Gasteiger partial charge in [0.05, 0.1) is 13.3 Å². The second-order valence-electron chi connectivity index (χ2n) is 7.00. The highest BCUT2D eigenvalue weighted by atomic mass is 19.1. The molecule has 2 N–H and O–H groups in total. The van der Waals surface area contributed by atoms with Crippen molar-refractivity contribution in [1.82, 2.24) is 24.8 Å². The maximum Gasteiger partial charge on any atom is 0.165 e. The average molecular weight is 384 g/mol. The van der Waals surface area contributed by atoms with Crippen LogP contribution in [0.25, 0.3) is 16.8 Å². The van der Waals surface area contributed by atoms with Gasteiger partial charge in [0.2, 0.25) is 0 Å². The number of aromatic nitrogens is 3. The molecule has 0 saturated carbocycles. The maximum absolute atomic E-state index is 14.4. The lowest BCUT2D eigenvalue weighted by molar-refractivity contribution is 0.180. The predicted molar refractivity (Wildman–Crippen MR) is 107 cm³/mol. The summed E-state index contributed by atoms with van der Waals surface area (Å²) in [6, 6.07) is 7.08. The summed E-state index contributed by atoms with van der Waals surface area (Å²) in [4.78, 5) is 7.12. The second-order valence-corrected chi connectivity index (χ2v) is 7.00. The number of hydrogen-bond donors (Lipinski definition) is 2. The molecule has 1 atom stereocenters. The number of nitrogens with zero attached hydrogens (tertiary/aromatic N) is 4. The maximum atomic E-state index is 14.4. The van der Waals surface area contributed by atoms with Crippen molar-refractivity contribution in [2.24, 2.45) is 0 Å². The lowest BCUT2D eigenvalue weighted by atomic mass is 10.1. The van der Waals surface area contributed by atoms with Crippen LogP contribution in [0.4, 0.5) is 10.2 Å². The number of fused-ring (bicyclic) bond motifs is 1. The Hall–Kier alpha value is -2.71. The van der Waals surface area contributed by atoms with E-state index in [4.69, 9.17) is 4.74 Å². The van der Waals surface area contributed by atoms with Crippen molar-refractivity contribution in [3.8, 4) is 16.9 Å². The summed E-state index contributed by atoms with van der Waals surface area (Å²) in [5.74, 6) is 1.01. The molecule has 1 fully saturated rings. The fourth-order valence-electron chi connectivity index (χ4n) is 3.54. The number of rotatable bonds is 6. The molecule has 1 aromatic carbocycles. The Bertz CT molecular complexity index is 959. The molecule has 148 valence electrons. The summed E-state index contributed by atoms with van der Waals surface area (Å²) in [6.45, 7) is 7.08. The van der Waals surface area contributed by atoms with Crippen molar-refractivity contribution >= 4 is 11.5 Å². The molecule has 7 nitrogen and oxygen atoms in total. The zero-order valence-electron chi connectivity index (χ0n) is 16.2. The number of anilines is 1. The average Bonchev–Trinajstić information content (AvgIpc) is 3.13. The van der Waals surface area contributed by atoms with Crippen LogP contribution in [0.1, 0.15) is 6.92 Å². The van der Waals surface area contributed by atoms with Crippen LogP contribution in [0.3, 0.4) is 0 Å². The molecule has 1 aliphatic heterocycles. The van der Waals surface area contributed by atoms with E-state index in [1.54, 1.807) is 30.0 Å². The van der Waals surface area contributed by atoms with Gasteiger partial charge in [-0.3, -0.25) is 4.90 Å². The van der Waals surface area contributed by atoms with Crippen LogP contribution in [-0.2, 0) is 0 Å². The highest BCUT2D eigenvalue weighted by Gasteiger charge is 2.17. The van der Waals surface area contributed by atoms with Gasteiger partial charge in [0.15, 0.2) is 5.65 Å². The third-order valence-electron chi connectivity index (χ3n) is 5.18. The Kier molecular flexibility index (Phi) is 5.40. The molecule has 8 heteroatoms. The van der Waals surface area contributed by atoms with Gasteiger partial charge in [-0.2, -0.15) is 5.10 Å². The zero-order valence-corrected chi connectivity index (χ0v) is 16.2. The zero-order chi connectivity index (χ0) is 19.5. The Balaban J connectivity index is 1.53. The summed E-state index contributed by atoms with van der Waals surface area (Å²) < 4.78 is 21.3. The first-order valence-electron chi connectivity index (χ1n) is 9.52. The number of hydrogen-bond acceptors (Lipinski definition) is 6. The fourth-order valence-corrected chi connectivity index (χ4v) is 3.54. The number of methoxy groups -OCH3 is 1. The summed E-state index contributed by atoms with van der Waals surface area (Å²) in [5.41, 5.74) is 1.66. The van der Waals surface area contributed by atoms with Gasteiger partial charge in [0.1, 0.15) is 17.4 Å². The molecule has 1 aliphatic rings. The minimum absolute atomic E-state index is 0.330. The van der Waals surface area contributed by atoms with Gasteiger partial charge in [-0.1, -0.05) is 0 Å². The summed E-state index contributed by atoms with van der Waals surface area (Å²) in [5, 5.41) is 11.1. The number of benzene rings is 1. The van der Waals surface area contributed by atoms with Crippen LogP contribution in [0.2, 0.25) is 0 Å². The minimum Gasteiger partial charge on any atom is -0.497 e. The van der Waals surface area contributed by atoms with Crippen molar-refractivity contribution < 1.29 is 9.13 Å². The largest absolute Gasteiger partial charge is 0.497 e. The van der Waals surface area contributed by atoms with Gasteiger partial charge in [0.25, 0.3) is 0 Å². The van der Waals surface area contributed by atoms with Crippen molar-refractivity contribution in [2.45, 2.75) is 13.0 Å². The molecule has 0 amide bonds. The third-order valence-corrected chi connectivity index (χ3v) is 5.18. The van der Waals surface area contributed by atoms with Gasteiger partial charge in [0, 0.05) is 56.1 Å². The number of halogens is 1. The van der Waals surface area contributed by atoms with E-state index in [2.05, 4.69) is 32.5 Å². The quantitative estimate of drug-likeness (QED) is 0.680. The molecule has 0 spiro atoms. The summed E-state index contributed by atoms with van der Waals surface area (Å²) >= 11 is 0. The lowest BCUT2D eigenvalue weighted by Gasteiger charge is -2.33. The van der Waals surface area contributed by atoms with Crippen LogP contribution in [-0.4, -0.2) is 65.4 Å². The normalized spacial score (nSPS) is 17.8. The topological polar surface area (TPSA) is 66.7 Å². The number of ether oxygens (including phenoxy) is 1. The van der Waals surface area contributed by atoms with Crippen molar-refractivity contribution in [3.63, 3.8) is 0 Å². The second kappa shape index (κ2) is 8.12. The Morgan fingerprint density at radius 1 is 1.32 bits per heavy atom. The smallest absolute Gasteiger partial charge is 0.165 e. The van der Waals surface area contributed by atoms with E-state index in [0.717, 1.165) is 38.5 Å². The first-order chi connectivity index (χ1) is 13.7. The van der Waals surface area contributed by atoms with E-state index in [1.165, 1.54) is 6.07 Å². The Morgan fingerprint density at radius 2 is 2.21 bits per heavy atom. The number of piperazine rings is 1. The molecule has 2 aromatic heterocycles. The van der Waals surface area contributed by atoms with E-state index in [0.29, 0.717) is 28.6 Å². The van der Waals surface area contributed by atoms with Gasteiger partial charge >= 0.3 is 0 Å². The van der Waals surface area contributed by atoms with Crippen LogP contribution < -0.4 is 15.4 Å². The van der Waals surface area contributed by atoms with E-state index in [-0.39, 0.29) is 5.82 Å². The first-order valence-corrected chi connectivity index (χ1v) is 9.52.